The number of ether oxygens (including phenoxy) is 1. The van der Waals surface area contributed by atoms with Crippen LogP contribution in [0.1, 0.15) is 49.0 Å². The van der Waals surface area contributed by atoms with E-state index >= 15 is 0 Å². The molecule has 1 atom stereocenters. The van der Waals surface area contributed by atoms with Gasteiger partial charge in [0.05, 0.1) is 19.8 Å². The minimum atomic E-state index is -0.645. The molecule has 2 aromatic rings. The summed E-state index contributed by atoms with van der Waals surface area (Å²) in [5, 5.41) is 17.0. The highest BCUT2D eigenvalue weighted by atomic mass is 16.5. The fourth-order valence-corrected chi connectivity index (χ4v) is 3.80. The maximum absolute atomic E-state index is 10.5. The van der Waals surface area contributed by atoms with E-state index in [0.717, 1.165) is 24.4 Å². The van der Waals surface area contributed by atoms with Crippen molar-refractivity contribution in [1.82, 2.24) is 15.5 Å². The first-order chi connectivity index (χ1) is 15.2. The molecule has 3 N–H and O–H groups in total. The Kier molecular flexibility index (Phi) is 9.18. The SMILES string of the molecule is CCNC(=NCc1ccc(CN2CCCCC2)cc1)NCC(O)c1cccc(OC)c1. The maximum atomic E-state index is 10.5. The van der Waals surface area contributed by atoms with Crippen molar-refractivity contribution in [3.8, 4) is 5.75 Å². The molecule has 6 nitrogen and oxygen atoms in total. The minimum absolute atomic E-state index is 0.369. The molecule has 6 heteroatoms. The van der Waals surface area contributed by atoms with E-state index in [-0.39, 0.29) is 0 Å². The third-order valence-electron chi connectivity index (χ3n) is 5.58. The third kappa shape index (κ3) is 7.56. The summed E-state index contributed by atoms with van der Waals surface area (Å²) in [5.74, 6) is 1.43. The average molecular weight is 425 g/mol. The van der Waals surface area contributed by atoms with Crippen LogP contribution in [0.15, 0.2) is 53.5 Å². The van der Waals surface area contributed by atoms with E-state index in [1.807, 2.05) is 31.2 Å². The monoisotopic (exact) mass is 424 g/mol. The quantitative estimate of drug-likeness (QED) is 0.425. The molecule has 168 valence electrons. The van der Waals surface area contributed by atoms with Crippen molar-refractivity contribution in [3.05, 3.63) is 65.2 Å². The Labute approximate surface area is 186 Å². The van der Waals surface area contributed by atoms with Crippen molar-refractivity contribution in [2.75, 3.05) is 33.3 Å². The summed E-state index contributed by atoms with van der Waals surface area (Å²) < 4.78 is 5.24. The van der Waals surface area contributed by atoms with Gasteiger partial charge in [0.15, 0.2) is 5.96 Å². The van der Waals surface area contributed by atoms with Gasteiger partial charge in [0.2, 0.25) is 0 Å². The van der Waals surface area contributed by atoms with Gasteiger partial charge in [-0.2, -0.15) is 0 Å². The lowest BCUT2D eigenvalue weighted by Crippen LogP contribution is -2.39. The smallest absolute Gasteiger partial charge is 0.191 e. The molecule has 0 aromatic heterocycles. The highest BCUT2D eigenvalue weighted by Gasteiger charge is 2.11. The van der Waals surface area contributed by atoms with Crippen molar-refractivity contribution in [1.29, 1.82) is 0 Å². The van der Waals surface area contributed by atoms with Crippen LogP contribution in [0.3, 0.4) is 0 Å². The van der Waals surface area contributed by atoms with Gasteiger partial charge in [-0.3, -0.25) is 4.90 Å². The van der Waals surface area contributed by atoms with Gasteiger partial charge in [0.1, 0.15) is 5.75 Å². The van der Waals surface area contributed by atoms with Crippen LogP contribution in [-0.4, -0.2) is 49.3 Å². The number of methoxy groups -OCH3 is 1. The predicted octanol–water partition coefficient (Wildman–Crippen LogP) is 3.47. The van der Waals surface area contributed by atoms with Crippen molar-refractivity contribution >= 4 is 5.96 Å². The number of piperidine rings is 1. The fourth-order valence-electron chi connectivity index (χ4n) is 3.80. The van der Waals surface area contributed by atoms with Crippen molar-refractivity contribution in [3.63, 3.8) is 0 Å². The highest BCUT2D eigenvalue weighted by Crippen LogP contribution is 2.18. The van der Waals surface area contributed by atoms with Crippen molar-refractivity contribution in [2.45, 2.75) is 45.4 Å². The van der Waals surface area contributed by atoms with E-state index in [1.165, 1.54) is 43.5 Å². The van der Waals surface area contributed by atoms with Crippen LogP contribution < -0.4 is 15.4 Å². The lowest BCUT2D eigenvalue weighted by Gasteiger charge is -2.26. The summed E-state index contributed by atoms with van der Waals surface area (Å²) in [6.07, 6.45) is 3.36. The van der Waals surface area contributed by atoms with Crippen LogP contribution in [0, 0.1) is 0 Å². The van der Waals surface area contributed by atoms with E-state index in [0.29, 0.717) is 19.0 Å². The molecule has 0 radical (unpaired) electrons. The standard InChI is InChI=1S/C25H36N4O2/c1-3-26-25(28-18-24(30)22-8-7-9-23(16-22)31-2)27-17-20-10-12-21(13-11-20)19-29-14-5-4-6-15-29/h7-13,16,24,30H,3-6,14-15,17-19H2,1-2H3,(H2,26,27,28). The van der Waals surface area contributed by atoms with Crippen LogP contribution in [-0.2, 0) is 13.1 Å². The Bertz CT molecular complexity index is 817. The molecule has 31 heavy (non-hydrogen) atoms. The second kappa shape index (κ2) is 12.3. The summed E-state index contributed by atoms with van der Waals surface area (Å²) >= 11 is 0. The van der Waals surface area contributed by atoms with E-state index in [4.69, 9.17) is 4.74 Å². The molecule has 0 bridgehead atoms. The van der Waals surface area contributed by atoms with Gasteiger partial charge in [-0.15, -0.1) is 0 Å². The number of aliphatic imine (C=N–C) groups is 1. The Morgan fingerprint density at radius 2 is 1.81 bits per heavy atom. The first kappa shape index (κ1) is 23.1. The number of nitrogens with zero attached hydrogens (tertiary/aromatic N) is 2. The number of nitrogens with one attached hydrogen (secondary N) is 2. The molecule has 1 aliphatic rings. The number of benzene rings is 2. The predicted molar refractivity (Wildman–Crippen MR) is 126 cm³/mol. The number of likely N-dealkylation sites (tertiary alicyclic amines) is 1. The zero-order chi connectivity index (χ0) is 21.9. The lowest BCUT2D eigenvalue weighted by atomic mass is 10.1. The molecule has 0 amide bonds. The second-order valence-electron chi connectivity index (χ2n) is 8.02. The number of aliphatic hydroxyl groups is 1. The number of guanidine groups is 1. The van der Waals surface area contributed by atoms with Crippen molar-refractivity contribution in [2.24, 2.45) is 4.99 Å². The molecular weight excluding hydrogens is 388 g/mol. The normalized spacial score (nSPS) is 16.0. The van der Waals surface area contributed by atoms with Gasteiger partial charge in [-0.1, -0.05) is 42.8 Å². The van der Waals surface area contributed by atoms with Crippen molar-refractivity contribution < 1.29 is 9.84 Å². The number of rotatable bonds is 9. The van der Waals surface area contributed by atoms with Crippen LogP contribution in [0.5, 0.6) is 5.75 Å². The Balaban J connectivity index is 1.52. The zero-order valence-corrected chi connectivity index (χ0v) is 18.8. The molecule has 1 fully saturated rings. The zero-order valence-electron chi connectivity index (χ0n) is 18.8. The summed E-state index contributed by atoms with van der Waals surface area (Å²) in [7, 11) is 1.62. The van der Waals surface area contributed by atoms with Gasteiger partial charge in [0, 0.05) is 19.6 Å². The van der Waals surface area contributed by atoms with Gasteiger partial charge >= 0.3 is 0 Å². The van der Waals surface area contributed by atoms with Crippen LogP contribution in [0.2, 0.25) is 0 Å². The first-order valence-electron chi connectivity index (χ1n) is 11.3. The number of hydrogen-bond acceptors (Lipinski definition) is 4. The van der Waals surface area contributed by atoms with Crippen LogP contribution in [0.25, 0.3) is 0 Å². The summed E-state index contributed by atoms with van der Waals surface area (Å²) in [5.41, 5.74) is 3.35. The molecular formula is C25H36N4O2. The Hall–Kier alpha value is -2.57. The van der Waals surface area contributed by atoms with E-state index in [2.05, 4.69) is 44.8 Å². The van der Waals surface area contributed by atoms with Crippen LogP contribution in [0.4, 0.5) is 0 Å². The molecule has 0 saturated carbocycles. The topological polar surface area (TPSA) is 69.1 Å². The maximum Gasteiger partial charge on any atom is 0.191 e. The fraction of sp³-hybridized carbons (Fsp3) is 0.480. The lowest BCUT2D eigenvalue weighted by molar-refractivity contribution is 0.180. The average Bonchev–Trinajstić information content (AvgIpc) is 2.82. The summed E-state index contributed by atoms with van der Waals surface area (Å²) in [6.45, 7) is 7.22. The molecule has 1 heterocycles. The largest absolute Gasteiger partial charge is 0.497 e. The van der Waals surface area contributed by atoms with E-state index < -0.39 is 6.10 Å². The molecule has 3 rings (SSSR count). The van der Waals surface area contributed by atoms with Gasteiger partial charge in [-0.05, 0) is 61.7 Å². The molecule has 1 saturated heterocycles. The number of aliphatic hydroxyl groups excluding tert-OH is 1. The molecule has 0 spiro atoms. The molecule has 1 aliphatic heterocycles. The third-order valence-corrected chi connectivity index (χ3v) is 5.58. The number of hydrogen-bond donors (Lipinski definition) is 3. The molecule has 1 unspecified atom stereocenters. The molecule has 2 aromatic carbocycles. The Morgan fingerprint density at radius 3 is 2.52 bits per heavy atom. The highest BCUT2D eigenvalue weighted by molar-refractivity contribution is 5.79. The Morgan fingerprint density at radius 1 is 1.06 bits per heavy atom. The summed E-state index contributed by atoms with van der Waals surface area (Å²) in [4.78, 5) is 7.22. The first-order valence-corrected chi connectivity index (χ1v) is 11.3. The second-order valence-corrected chi connectivity index (χ2v) is 8.02. The van der Waals surface area contributed by atoms with Gasteiger partial charge in [0.25, 0.3) is 0 Å². The van der Waals surface area contributed by atoms with Gasteiger partial charge < -0.3 is 20.5 Å². The van der Waals surface area contributed by atoms with E-state index in [9.17, 15) is 5.11 Å². The molecule has 0 aliphatic carbocycles. The minimum Gasteiger partial charge on any atom is -0.497 e. The van der Waals surface area contributed by atoms with Gasteiger partial charge in [-0.25, -0.2) is 4.99 Å². The van der Waals surface area contributed by atoms with E-state index in [1.54, 1.807) is 7.11 Å². The van der Waals surface area contributed by atoms with Crippen LogP contribution >= 0.6 is 0 Å². The summed E-state index contributed by atoms with van der Waals surface area (Å²) in [6, 6.07) is 16.2.